The molecular formula is C20H22N2O. The number of hydrogen-bond donors (Lipinski definition) is 1. The fraction of sp³-hybridized carbons (Fsp3) is 0.250. The summed E-state index contributed by atoms with van der Waals surface area (Å²) < 4.78 is 2.02. The molecule has 3 aromatic rings. The van der Waals surface area contributed by atoms with E-state index in [1.54, 1.807) is 6.20 Å². The summed E-state index contributed by atoms with van der Waals surface area (Å²) in [7, 11) is 0. The number of imidazole rings is 1. The van der Waals surface area contributed by atoms with Crippen LogP contribution in [0.1, 0.15) is 39.7 Å². The van der Waals surface area contributed by atoms with E-state index in [4.69, 9.17) is 0 Å². The van der Waals surface area contributed by atoms with Gasteiger partial charge in [0.15, 0.2) is 0 Å². The maximum absolute atomic E-state index is 10.9. The molecule has 0 amide bonds. The van der Waals surface area contributed by atoms with Crippen LogP contribution in [0, 0.1) is 20.8 Å². The Hall–Kier alpha value is -2.39. The largest absolute Gasteiger partial charge is 0.380 e. The van der Waals surface area contributed by atoms with E-state index in [9.17, 15) is 5.11 Å². The summed E-state index contributed by atoms with van der Waals surface area (Å²) in [5, 5.41) is 10.9. The monoisotopic (exact) mass is 306 g/mol. The van der Waals surface area contributed by atoms with Crippen LogP contribution in [-0.4, -0.2) is 14.7 Å². The molecule has 118 valence electrons. The summed E-state index contributed by atoms with van der Waals surface area (Å²) >= 11 is 0. The zero-order valence-electron chi connectivity index (χ0n) is 13.8. The molecule has 1 atom stereocenters. The van der Waals surface area contributed by atoms with E-state index in [0.717, 1.165) is 16.7 Å². The van der Waals surface area contributed by atoms with Crippen molar-refractivity contribution in [2.75, 3.05) is 0 Å². The van der Waals surface area contributed by atoms with E-state index < -0.39 is 6.10 Å². The van der Waals surface area contributed by atoms with Crippen molar-refractivity contribution >= 4 is 0 Å². The van der Waals surface area contributed by atoms with Gasteiger partial charge < -0.3 is 9.67 Å². The predicted molar refractivity (Wildman–Crippen MR) is 92.5 cm³/mol. The summed E-state index contributed by atoms with van der Waals surface area (Å²) in [6, 6.07) is 14.5. The van der Waals surface area contributed by atoms with Crippen molar-refractivity contribution in [2.45, 2.75) is 33.4 Å². The third-order valence-electron chi connectivity index (χ3n) is 4.24. The molecule has 0 aliphatic carbocycles. The van der Waals surface area contributed by atoms with E-state index in [2.05, 4.69) is 36.2 Å². The van der Waals surface area contributed by atoms with Crippen molar-refractivity contribution in [2.24, 2.45) is 0 Å². The normalized spacial score (nSPS) is 12.3. The average Bonchev–Trinajstić information content (AvgIpc) is 2.95. The first-order valence-electron chi connectivity index (χ1n) is 7.87. The van der Waals surface area contributed by atoms with Gasteiger partial charge in [-0.3, -0.25) is 0 Å². The van der Waals surface area contributed by atoms with Gasteiger partial charge in [0.05, 0.1) is 0 Å². The third-order valence-corrected chi connectivity index (χ3v) is 4.24. The maximum Gasteiger partial charge on any atom is 0.142 e. The molecule has 0 saturated heterocycles. The van der Waals surface area contributed by atoms with Gasteiger partial charge in [0.1, 0.15) is 11.9 Å². The topological polar surface area (TPSA) is 38.0 Å². The summed E-state index contributed by atoms with van der Waals surface area (Å²) in [6.07, 6.45) is 2.97. The highest BCUT2D eigenvalue weighted by molar-refractivity contribution is 5.38. The lowest BCUT2D eigenvalue weighted by Crippen LogP contribution is -2.12. The molecule has 0 spiro atoms. The molecule has 0 bridgehead atoms. The Bertz CT molecular complexity index is 800. The maximum atomic E-state index is 10.9. The van der Waals surface area contributed by atoms with Crippen LogP contribution in [0.25, 0.3) is 0 Å². The number of aliphatic hydroxyl groups excluding tert-OH is 1. The lowest BCUT2D eigenvalue weighted by atomic mass is 9.97. The molecule has 2 aromatic carbocycles. The summed E-state index contributed by atoms with van der Waals surface area (Å²) in [5.41, 5.74) is 5.56. The minimum atomic E-state index is -0.712. The van der Waals surface area contributed by atoms with Gasteiger partial charge in [-0.25, -0.2) is 4.98 Å². The number of nitrogens with zero attached hydrogens (tertiary/aromatic N) is 2. The SMILES string of the molecule is Cc1cccc(Cn2ccnc2C(O)c2c(C)cccc2C)c1. The van der Waals surface area contributed by atoms with Crippen LogP contribution in [0.5, 0.6) is 0 Å². The molecule has 1 N–H and O–H groups in total. The van der Waals surface area contributed by atoms with Crippen LogP contribution in [0.4, 0.5) is 0 Å². The van der Waals surface area contributed by atoms with Gasteiger partial charge in [-0.2, -0.15) is 0 Å². The van der Waals surface area contributed by atoms with E-state index in [0.29, 0.717) is 12.4 Å². The lowest BCUT2D eigenvalue weighted by Gasteiger charge is -2.18. The Kier molecular flexibility index (Phi) is 4.30. The highest BCUT2D eigenvalue weighted by Crippen LogP contribution is 2.27. The molecule has 3 nitrogen and oxygen atoms in total. The van der Waals surface area contributed by atoms with Gasteiger partial charge in [0, 0.05) is 18.9 Å². The van der Waals surface area contributed by atoms with Crippen molar-refractivity contribution in [1.82, 2.24) is 9.55 Å². The first-order chi connectivity index (χ1) is 11.1. The number of aryl methyl sites for hydroxylation is 3. The van der Waals surface area contributed by atoms with E-state index in [1.807, 2.05) is 42.8 Å². The zero-order valence-corrected chi connectivity index (χ0v) is 13.8. The molecule has 0 aliphatic rings. The van der Waals surface area contributed by atoms with E-state index >= 15 is 0 Å². The molecule has 23 heavy (non-hydrogen) atoms. The van der Waals surface area contributed by atoms with Crippen LogP contribution in [0.2, 0.25) is 0 Å². The van der Waals surface area contributed by atoms with E-state index in [1.165, 1.54) is 11.1 Å². The molecule has 3 rings (SSSR count). The second kappa shape index (κ2) is 6.39. The number of hydrogen-bond acceptors (Lipinski definition) is 2. The van der Waals surface area contributed by atoms with Crippen molar-refractivity contribution in [3.05, 3.63) is 88.5 Å². The van der Waals surface area contributed by atoms with Crippen molar-refractivity contribution < 1.29 is 5.11 Å². The Balaban J connectivity index is 1.94. The minimum absolute atomic E-state index is 0.684. The Morgan fingerprint density at radius 1 is 1.04 bits per heavy atom. The van der Waals surface area contributed by atoms with Crippen LogP contribution < -0.4 is 0 Å². The molecule has 0 aliphatic heterocycles. The smallest absolute Gasteiger partial charge is 0.142 e. The number of benzene rings is 2. The lowest BCUT2D eigenvalue weighted by molar-refractivity contribution is 0.204. The number of aliphatic hydroxyl groups is 1. The van der Waals surface area contributed by atoms with Crippen LogP contribution in [0.3, 0.4) is 0 Å². The van der Waals surface area contributed by atoms with Gasteiger partial charge in [0.2, 0.25) is 0 Å². The molecule has 1 unspecified atom stereocenters. The molecule has 1 heterocycles. The van der Waals surface area contributed by atoms with Gasteiger partial charge in [-0.15, -0.1) is 0 Å². The second-order valence-corrected chi connectivity index (χ2v) is 6.11. The fourth-order valence-corrected chi connectivity index (χ4v) is 3.10. The highest BCUT2D eigenvalue weighted by atomic mass is 16.3. The Morgan fingerprint density at radius 3 is 2.43 bits per heavy atom. The van der Waals surface area contributed by atoms with Crippen molar-refractivity contribution in [3.63, 3.8) is 0 Å². The summed E-state index contributed by atoms with van der Waals surface area (Å²) in [5.74, 6) is 0.684. The van der Waals surface area contributed by atoms with Crippen molar-refractivity contribution in [3.8, 4) is 0 Å². The van der Waals surface area contributed by atoms with Crippen LogP contribution >= 0.6 is 0 Å². The molecule has 1 aromatic heterocycles. The van der Waals surface area contributed by atoms with Gasteiger partial charge in [-0.05, 0) is 43.0 Å². The standard InChI is InChI=1S/C20H22N2O/c1-14-6-4-9-17(12-14)13-22-11-10-21-20(22)19(23)18-15(2)7-5-8-16(18)3/h4-12,19,23H,13H2,1-3H3. The summed E-state index contributed by atoms with van der Waals surface area (Å²) in [4.78, 5) is 4.41. The van der Waals surface area contributed by atoms with Gasteiger partial charge in [-0.1, -0.05) is 48.0 Å². The highest BCUT2D eigenvalue weighted by Gasteiger charge is 2.19. The number of aromatic nitrogens is 2. The first kappa shape index (κ1) is 15.5. The zero-order chi connectivity index (χ0) is 16.4. The fourth-order valence-electron chi connectivity index (χ4n) is 3.10. The Morgan fingerprint density at radius 2 is 1.74 bits per heavy atom. The van der Waals surface area contributed by atoms with Crippen LogP contribution in [-0.2, 0) is 6.54 Å². The number of rotatable bonds is 4. The average molecular weight is 306 g/mol. The predicted octanol–water partition coefficient (Wildman–Crippen LogP) is 3.94. The molecule has 0 radical (unpaired) electrons. The second-order valence-electron chi connectivity index (χ2n) is 6.11. The van der Waals surface area contributed by atoms with Gasteiger partial charge in [0.25, 0.3) is 0 Å². The minimum Gasteiger partial charge on any atom is -0.380 e. The van der Waals surface area contributed by atoms with Crippen LogP contribution in [0.15, 0.2) is 54.9 Å². The van der Waals surface area contributed by atoms with E-state index in [-0.39, 0.29) is 0 Å². The third kappa shape index (κ3) is 3.20. The molecule has 0 fully saturated rings. The molecular weight excluding hydrogens is 284 g/mol. The van der Waals surface area contributed by atoms with Crippen molar-refractivity contribution in [1.29, 1.82) is 0 Å². The van der Waals surface area contributed by atoms with Gasteiger partial charge >= 0.3 is 0 Å². The molecule has 0 saturated carbocycles. The quantitative estimate of drug-likeness (QED) is 0.793. The first-order valence-corrected chi connectivity index (χ1v) is 7.87. The summed E-state index contributed by atoms with van der Waals surface area (Å²) in [6.45, 7) is 6.85. The molecule has 3 heteroatoms. The Labute approximate surface area is 137 Å².